The lowest BCUT2D eigenvalue weighted by Gasteiger charge is -2.22. The van der Waals surface area contributed by atoms with Crippen LogP contribution in [0.4, 0.5) is 0 Å². The highest BCUT2D eigenvalue weighted by Crippen LogP contribution is 2.25. The zero-order chi connectivity index (χ0) is 10.8. The minimum Gasteiger partial charge on any atom is -0.390 e. The standard InChI is InChI=1S/C12H20N2O/c1-3-4-12-13-10(8-15)11-7-9(2)5-6-14(11)12/h9,15H,3-8H2,1-2H3. The molecule has 0 saturated carbocycles. The zero-order valence-electron chi connectivity index (χ0n) is 9.66. The van der Waals surface area contributed by atoms with Gasteiger partial charge in [0.1, 0.15) is 5.82 Å². The van der Waals surface area contributed by atoms with Gasteiger partial charge in [0.05, 0.1) is 12.3 Å². The highest BCUT2D eigenvalue weighted by Gasteiger charge is 2.22. The Kier molecular flexibility index (Phi) is 3.10. The lowest BCUT2D eigenvalue weighted by molar-refractivity contribution is 0.273. The van der Waals surface area contributed by atoms with Gasteiger partial charge in [0.2, 0.25) is 0 Å². The van der Waals surface area contributed by atoms with E-state index in [0.717, 1.165) is 37.4 Å². The first-order chi connectivity index (χ1) is 7.26. The molecule has 0 saturated heterocycles. The van der Waals surface area contributed by atoms with E-state index in [-0.39, 0.29) is 6.61 Å². The number of aromatic nitrogens is 2. The van der Waals surface area contributed by atoms with E-state index < -0.39 is 0 Å². The SMILES string of the molecule is CCCc1nc(CO)c2n1CCC(C)C2. The van der Waals surface area contributed by atoms with Crippen molar-refractivity contribution in [2.24, 2.45) is 5.92 Å². The Hall–Kier alpha value is -0.830. The molecule has 2 heterocycles. The summed E-state index contributed by atoms with van der Waals surface area (Å²) in [6.07, 6.45) is 4.47. The fraction of sp³-hybridized carbons (Fsp3) is 0.750. The molecule has 0 spiro atoms. The van der Waals surface area contributed by atoms with E-state index in [2.05, 4.69) is 23.4 Å². The maximum atomic E-state index is 9.29. The number of hydrogen-bond donors (Lipinski definition) is 1. The molecule has 0 fully saturated rings. The summed E-state index contributed by atoms with van der Waals surface area (Å²) in [5.74, 6) is 1.90. The molecule has 3 heteroatoms. The first-order valence-corrected chi connectivity index (χ1v) is 5.94. The molecule has 1 aromatic rings. The lowest BCUT2D eigenvalue weighted by Crippen LogP contribution is -2.19. The van der Waals surface area contributed by atoms with Crippen molar-refractivity contribution in [1.82, 2.24) is 9.55 Å². The van der Waals surface area contributed by atoms with Crippen LogP contribution in [0.5, 0.6) is 0 Å². The summed E-state index contributed by atoms with van der Waals surface area (Å²) in [5.41, 5.74) is 2.18. The van der Waals surface area contributed by atoms with Gasteiger partial charge in [0, 0.05) is 18.7 Å². The Morgan fingerprint density at radius 1 is 1.53 bits per heavy atom. The van der Waals surface area contributed by atoms with E-state index in [9.17, 15) is 5.11 Å². The first kappa shape index (κ1) is 10.7. The van der Waals surface area contributed by atoms with Crippen molar-refractivity contribution in [3.63, 3.8) is 0 Å². The van der Waals surface area contributed by atoms with Gasteiger partial charge in [-0.05, 0) is 25.2 Å². The van der Waals surface area contributed by atoms with Crippen LogP contribution in [0.1, 0.15) is 43.9 Å². The van der Waals surface area contributed by atoms with Gasteiger partial charge in [-0.2, -0.15) is 0 Å². The Labute approximate surface area is 91.1 Å². The summed E-state index contributed by atoms with van der Waals surface area (Å²) >= 11 is 0. The maximum Gasteiger partial charge on any atom is 0.109 e. The van der Waals surface area contributed by atoms with Crippen LogP contribution in [0.3, 0.4) is 0 Å². The van der Waals surface area contributed by atoms with E-state index in [0.29, 0.717) is 0 Å². The summed E-state index contributed by atoms with van der Waals surface area (Å²) in [5, 5.41) is 9.29. The van der Waals surface area contributed by atoms with Crippen LogP contribution in [0, 0.1) is 5.92 Å². The molecule has 1 aromatic heterocycles. The van der Waals surface area contributed by atoms with Crippen LogP contribution in [0.2, 0.25) is 0 Å². The molecule has 3 nitrogen and oxygen atoms in total. The number of fused-ring (bicyclic) bond motifs is 1. The second kappa shape index (κ2) is 4.35. The molecule has 0 aromatic carbocycles. The third kappa shape index (κ3) is 1.93. The summed E-state index contributed by atoms with van der Waals surface area (Å²) in [6, 6.07) is 0. The Morgan fingerprint density at radius 3 is 3.00 bits per heavy atom. The minimum absolute atomic E-state index is 0.0891. The van der Waals surface area contributed by atoms with Crippen molar-refractivity contribution in [2.75, 3.05) is 0 Å². The fourth-order valence-corrected chi connectivity index (χ4v) is 2.41. The van der Waals surface area contributed by atoms with Gasteiger partial charge in [-0.1, -0.05) is 13.8 Å². The van der Waals surface area contributed by atoms with Crippen LogP contribution in [0.25, 0.3) is 0 Å². The van der Waals surface area contributed by atoms with Crippen molar-refractivity contribution in [2.45, 2.75) is 52.7 Å². The molecule has 84 valence electrons. The number of imidazole rings is 1. The third-order valence-electron chi connectivity index (χ3n) is 3.25. The average Bonchev–Trinajstić information content (AvgIpc) is 2.56. The van der Waals surface area contributed by atoms with Crippen molar-refractivity contribution in [3.05, 3.63) is 17.2 Å². The summed E-state index contributed by atoms with van der Waals surface area (Å²) in [7, 11) is 0. The molecule has 1 aliphatic rings. The third-order valence-corrected chi connectivity index (χ3v) is 3.25. The predicted molar refractivity (Wildman–Crippen MR) is 59.6 cm³/mol. The number of hydrogen-bond acceptors (Lipinski definition) is 2. The van der Waals surface area contributed by atoms with Crippen LogP contribution >= 0.6 is 0 Å². The molecule has 0 radical (unpaired) electrons. The quantitative estimate of drug-likeness (QED) is 0.824. The molecule has 1 aliphatic heterocycles. The van der Waals surface area contributed by atoms with Gasteiger partial charge in [-0.3, -0.25) is 0 Å². The van der Waals surface area contributed by atoms with E-state index in [4.69, 9.17) is 0 Å². The second-order valence-corrected chi connectivity index (χ2v) is 4.58. The van der Waals surface area contributed by atoms with Gasteiger partial charge in [-0.25, -0.2) is 4.98 Å². The van der Waals surface area contributed by atoms with Crippen molar-refractivity contribution in [3.8, 4) is 0 Å². The molecule has 1 N–H and O–H groups in total. The lowest BCUT2D eigenvalue weighted by atomic mass is 9.97. The van der Waals surface area contributed by atoms with Crippen LogP contribution in [-0.4, -0.2) is 14.7 Å². The van der Waals surface area contributed by atoms with Crippen molar-refractivity contribution >= 4 is 0 Å². The van der Waals surface area contributed by atoms with Crippen molar-refractivity contribution < 1.29 is 5.11 Å². The van der Waals surface area contributed by atoms with Crippen LogP contribution in [-0.2, 0) is 26.0 Å². The second-order valence-electron chi connectivity index (χ2n) is 4.58. The van der Waals surface area contributed by atoms with E-state index >= 15 is 0 Å². The molecule has 1 atom stereocenters. The number of aliphatic hydroxyl groups excluding tert-OH is 1. The fourth-order valence-electron chi connectivity index (χ4n) is 2.41. The average molecular weight is 208 g/mol. The Balaban J connectivity index is 2.35. The van der Waals surface area contributed by atoms with E-state index in [1.54, 1.807) is 0 Å². The first-order valence-electron chi connectivity index (χ1n) is 5.94. The number of nitrogens with zero attached hydrogens (tertiary/aromatic N) is 2. The normalized spacial score (nSPS) is 20.3. The summed E-state index contributed by atoms with van der Waals surface area (Å²) < 4.78 is 2.33. The topological polar surface area (TPSA) is 38.1 Å². The van der Waals surface area contributed by atoms with Gasteiger partial charge < -0.3 is 9.67 Å². The highest BCUT2D eigenvalue weighted by molar-refractivity contribution is 5.19. The Bertz CT molecular complexity index is 344. The zero-order valence-corrected chi connectivity index (χ0v) is 9.66. The molecule has 0 amide bonds. The Morgan fingerprint density at radius 2 is 2.33 bits per heavy atom. The summed E-state index contributed by atoms with van der Waals surface area (Å²) in [6.45, 7) is 5.62. The van der Waals surface area contributed by atoms with E-state index in [1.807, 2.05) is 0 Å². The van der Waals surface area contributed by atoms with Crippen LogP contribution < -0.4 is 0 Å². The molecular weight excluding hydrogens is 188 g/mol. The monoisotopic (exact) mass is 208 g/mol. The largest absolute Gasteiger partial charge is 0.390 e. The molecule has 0 bridgehead atoms. The van der Waals surface area contributed by atoms with Gasteiger partial charge in [0.25, 0.3) is 0 Å². The van der Waals surface area contributed by atoms with E-state index in [1.165, 1.54) is 17.9 Å². The molecule has 15 heavy (non-hydrogen) atoms. The van der Waals surface area contributed by atoms with Gasteiger partial charge in [0.15, 0.2) is 0 Å². The molecule has 1 unspecified atom stereocenters. The van der Waals surface area contributed by atoms with Crippen LogP contribution in [0.15, 0.2) is 0 Å². The maximum absolute atomic E-state index is 9.29. The van der Waals surface area contributed by atoms with Crippen molar-refractivity contribution in [1.29, 1.82) is 0 Å². The molecule has 2 rings (SSSR count). The molecular formula is C12H20N2O. The smallest absolute Gasteiger partial charge is 0.109 e. The molecule has 0 aliphatic carbocycles. The van der Waals surface area contributed by atoms with Gasteiger partial charge in [-0.15, -0.1) is 0 Å². The highest BCUT2D eigenvalue weighted by atomic mass is 16.3. The summed E-state index contributed by atoms with van der Waals surface area (Å²) in [4.78, 5) is 4.55. The number of aryl methyl sites for hydroxylation is 1. The predicted octanol–water partition coefficient (Wildman–Crippen LogP) is 1.91. The minimum atomic E-state index is 0.0891. The number of aliphatic hydroxyl groups is 1. The number of rotatable bonds is 3. The van der Waals surface area contributed by atoms with Gasteiger partial charge >= 0.3 is 0 Å².